The minimum absolute atomic E-state index is 0.104. The van der Waals surface area contributed by atoms with Gasteiger partial charge in [-0.3, -0.25) is 14.9 Å². The van der Waals surface area contributed by atoms with Gasteiger partial charge in [-0.15, -0.1) is 22.0 Å². The van der Waals surface area contributed by atoms with Crippen LogP contribution in [0.4, 0.5) is 5.13 Å². The van der Waals surface area contributed by atoms with Crippen molar-refractivity contribution in [3.63, 3.8) is 0 Å². The lowest BCUT2D eigenvalue weighted by Gasteiger charge is -2.08. The van der Waals surface area contributed by atoms with E-state index in [1.165, 1.54) is 30.2 Å². The van der Waals surface area contributed by atoms with Crippen molar-refractivity contribution in [2.75, 3.05) is 18.2 Å². The first-order chi connectivity index (χ1) is 11.4. The number of thioether (sulfide) groups is 1. The predicted molar refractivity (Wildman–Crippen MR) is 97.9 cm³/mol. The Morgan fingerprint density at radius 2 is 2.12 bits per heavy atom. The molecule has 128 valence electrons. The zero-order valence-corrected chi connectivity index (χ0v) is 15.9. The van der Waals surface area contributed by atoms with Gasteiger partial charge >= 0.3 is 5.97 Å². The fourth-order valence-electron chi connectivity index (χ4n) is 1.58. The number of aromatic nitrogens is 2. The quantitative estimate of drug-likeness (QED) is 0.736. The monoisotopic (exact) mass is 405 g/mol. The molecular formula is C14H13Cl2N3O3S2. The van der Waals surface area contributed by atoms with Crippen molar-refractivity contribution in [3.8, 4) is 10.6 Å². The number of hydrogen-bond donors (Lipinski definition) is 1. The SMILES string of the molecule is COC(=O)CS[C@@H](C)C(=O)Nc1nnc(-c2ccc(Cl)cc2Cl)s1. The summed E-state index contributed by atoms with van der Waals surface area (Å²) in [7, 11) is 1.30. The van der Waals surface area contributed by atoms with Gasteiger partial charge in [0.1, 0.15) is 0 Å². The molecule has 0 aliphatic rings. The third kappa shape index (κ3) is 5.07. The molecule has 1 heterocycles. The summed E-state index contributed by atoms with van der Waals surface area (Å²) in [5.41, 5.74) is 0.687. The van der Waals surface area contributed by atoms with Crippen LogP contribution in [0.3, 0.4) is 0 Å². The largest absolute Gasteiger partial charge is 0.468 e. The van der Waals surface area contributed by atoms with Crippen LogP contribution in [0.25, 0.3) is 10.6 Å². The number of nitrogens with one attached hydrogen (secondary N) is 1. The molecule has 1 aromatic heterocycles. The van der Waals surface area contributed by atoms with E-state index in [9.17, 15) is 9.59 Å². The molecule has 1 atom stereocenters. The maximum atomic E-state index is 12.1. The number of rotatable bonds is 6. The molecule has 0 saturated carbocycles. The predicted octanol–water partition coefficient (Wildman–Crippen LogP) is 3.75. The van der Waals surface area contributed by atoms with Gasteiger partial charge in [0.25, 0.3) is 0 Å². The Hall–Kier alpha value is -1.35. The summed E-state index contributed by atoms with van der Waals surface area (Å²) in [5.74, 6) is -0.545. The number of carbonyl (C=O) groups excluding carboxylic acids is 2. The average Bonchev–Trinajstić information content (AvgIpc) is 3.00. The third-order valence-electron chi connectivity index (χ3n) is 2.86. The number of nitrogens with zero attached hydrogens (tertiary/aromatic N) is 2. The topological polar surface area (TPSA) is 81.2 Å². The van der Waals surface area contributed by atoms with Crippen LogP contribution in [0.1, 0.15) is 6.92 Å². The van der Waals surface area contributed by atoms with Crippen LogP contribution >= 0.6 is 46.3 Å². The van der Waals surface area contributed by atoms with Crippen LogP contribution in [0.2, 0.25) is 10.0 Å². The van der Waals surface area contributed by atoms with Crippen LogP contribution in [-0.4, -0.2) is 40.2 Å². The summed E-state index contributed by atoms with van der Waals surface area (Å²) >= 11 is 14.4. The van der Waals surface area contributed by atoms with Crippen LogP contribution in [0.5, 0.6) is 0 Å². The fraction of sp³-hybridized carbons (Fsp3) is 0.286. The Kier molecular flexibility index (Phi) is 6.85. The fourth-order valence-corrected chi connectivity index (χ4v) is 3.63. The van der Waals surface area contributed by atoms with Crippen LogP contribution in [0.15, 0.2) is 18.2 Å². The molecule has 24 heavy (non-hydrogen) atoms. The number of ether oxygens (including phenoxy) is 1. The average molecular weight is 406 g/mol. The Balaban J connectivity index is 2.00. The highest BCUT2D eigenvalue weighted by molar-refractivity contribution is 8.01. The molecule has 0 saturated heterocycles. The lowest BCUT2D eigenvalue weighted by Crippen LogP contribution is -2.23. The second kappa shape index (κ2) is 8.66. The van der Waals surface area contributed by atoms with E-state index in [2.05, 4.69) is 20.3 Å². The molecule has 0 radical (unpaired) electrons. The van der Waals surface area contributed by atoms with Gasteiger partial charge in [0, 0.05) is 10.6 Å². The summed E-state index contributed by atoms with van der Waals surface area (Å²) in [6, 6.07) is 5.06. The van der Waals surface area contributed by atoms with Gasteiger partial charge in [-0.25, -0.2) is 0 Å². The van der Waals surface area contributed by atoms with Crippen molar-refractivity contribution in [2.24, 2.45) is 0 Å². The second-order valence-corrected chi connectivity index (χ2v) is 7.71. The van der Waals surface area contributed by atoms with Crippen molar-refractivity contribution in [1.82, 2.24) is 10.2 Å². The summed E-state index contributed by atoms with van der Waals surface area (Å²) < 4.78 is 4.54. The summed E-state index contributed by atoms with van der Waals surface area (Å²) in [5, 5.41) is 12.1. The molecule has 0 spiro atoms. The minimum Gasteiger partial charge on any atom is -0.468 e. The standard InChI is InChI=1S/C14H13Cl2N3O3S2/c1-7(23-6-11(20)22-2)12(21)17-14-19-18-13(24-14)9-4-3-8(15)5-10(9)16/h3-5,7H,6H2,1-2H3,(H,17,19,21)/t7-/m0/s1. The Bertz CT molecular complexity index is 755. The van der Waals surface area contributed by atoms with E-state index < -0.39 is 5.25 Å². The van der Waals surface area contributed by atoms with Crippen LogP contribution < -0.4 is 5.32 Å². The number of anilines is 1. The molecule has 2 rings (SSSR count). The van der Waals surface area contributed by atoms with Gasteiger partial charge in [-0.05, 0) is 25.1 Å². The summed E-state index contributed by atoms with van der Waals surface area (Å²) in [4.78, 5) is 23.2. The van der Waals surface area contributed by atoms with Crippen molar-refractivity contribution in [2.45, 2.75) is 12.2 Å². The molecule has 10 heteroatoms. The second-order valence-electron chi connectivity index (χ2n) is 4.56. The molecule has 0 aliphatic carbocycles. The lowest BCUT2D eigenvalue weighted by atomic mass is 10.2. The van der Waals surface area contributed by atoms with Gasteiger partial charge in [0.15, 0.2) is 5.01 Å². The Morgan fingerprint density at radius 1 is 1.38 bits per heavy atom. The molecule has 2 aromatic rings. The maximum absolute atomic E-state index is 12.1. The first-order valence-electron chi connectivity index (χ1n) is 6.69. The van der Waals surface area contributed by atoms with Crippen molar-refractivity contribution in [3.05, 3.63) is 28.2 Å². The smallest absolute Gasteiger partial charge is 0.315 e. The molecule has 0 unspecified atom stereocenters. The molecule has 0 aliphatic heterocycles. The molecule has 1 aromatic carbocycles. The van der Waals surface area contributed by atoms with Crippen molar-refractivity contribution >= 4 is 63.3 Å². The number of amides is 1. The highest BCUT2D eigenvalue weighted by atomic mass is 35.5. The van der Waals surface area contributed by atoms with E-state index in [4.69, 9.17) is 23.2 Å². The first-order valence-corrected chi connectivity index (χ1v) is 9.31. The highest BCUT2D eigenvalue weighted by Gasteiger charge is 2.18. The van der Waals surface area contributed by atoms with E-state index in [1.807, 2.05) is 0 Å². The van der Waals surface area contributed by atoms with E-state index in [-0.39, 0.29) is 17.6 Å². The Morgan fingerprint density at radius 3 is 2.79 bits per heavy atom. The van der Waals surface area contributed by atoms with E-state index in [0.717, 1.165) is 0 Å². The van der Waals surface area contributed by atoms with Gasteiger partial charge < -0.3 is 4.74 Å². The van der Waals surface area contributed by atoms with Gasteiger partial charge in [0.2, 0.25) is 11.0 Å². The number of methoxy groups -OCH3 is 1. The first kappa shape index (κ1) is 19.0. The summed E-state index contributed by atoms with van der Waals surface area (Å²) in [6.45, 7) is 1.70. The van der Waals surface area contributed by atoms with E-state index in [0.29, 0.717) is 25.7 Å². The number of esters is 1. The number of benzene rings is 1. The zero-order valence-electron chi connectivity index (χ0n) is 12.7. The molecular weight excluding hydrogens is 393 g/mol. The normalized spacial score (nSPS) is 11.8. The van der Waals surface area contributed by atoms with Gasteiger partial charge in [0.05, 0.1) is 23.1 Å². The number of hydrogen-bond acceptors (Lipinski definition) is 7. The van der Waals surface area contributed by atoms with E-state index >= 15 is 0 Å². The van der Waals surface area contributed by atoms with Crippen LogP contribution in [-0.2, 0) is 14.3 Å². The van der Waals surface area contributed by atoms with E-state index in [1.54, 1.807) is 25.1 Å². The van der Waals surface area contributed by atoms with Gasteiger partial charge in [-0.2, -0.15) is 0 Å². The number of carbonyl (C=O) groups is 2. The third-order valence-corrected chi connectivity index (χ3v) is 5.40. The molecule has 1 N–H and O–H groups in total. The molecule has 1 amide bonds. The van der Waals surface area contributed by atoms with Gasteiger partial charge in [-0.1, -0.05) is 34.5 Å². The van der Waals surface area contributed by atoms with Crippen molar-refractivity contribution < 1.29 is 14.3 Å². The summed E-state index contributed by atoms with van der Waals surface area (Å²) in [6.07, 6.45) is 0. The molecule has 0 fully saturated rings. The maximum Gasteiger partial charge on any atom is 0.315 e. The zero-order chi connectivity index (χ0) is 17.7. The Labute approximate surface area is 156 Å². The van der Waals surface area contributed by atoms with Crippen LogP contribution in [0, 0.1) is 0 Å². The highest BCUT2D eigenvalue weighted by Crippen LogP contribution is 2.33. The minimum atomic E-state index is -0.435. The van der Waals surface area contributed by atoms with Crippen molar-refractivity contribution in [1.29, 1.82) is 0 Å². The molecule has 0 bridgehead atoms. The molecule has 6 nitrogen and oxygen atoms in total. The lowest BCUT2D eigenvalue weighted by molar-refractivity contribution is -0.137. The number of halogens is 2.